The van der Waals surface area contributed by atoms with Crippen LogP contribution in [0.3, 0.4) is 0 Å². The van der Waals surface area contributed by atoms with Crippen molar-refractivity contribution in [3.63, 3.8) is 0 Å². The van der Waals surface area contributed by atoms with E-state index < -0.39 is 0 Å². The summed E-state index contributed by atoms with van der Waals surface area (Å²) in [5.41, 5.74) is 3.10. The Morgan fingerprint density at radius 2 is 1.37 bits per heavy atom. The maximum absolute atomic E-state index is 5.74. The molecule has 0 N–H and O–H groups in total. The lowest BCUT2D eigenvalue weighted by Gasteiger charge is -2.05. The lowest BCUT2D eigenvalue weighted by molar-refractivity contribution is 0.306. The van der Waals surface area contributed by atoms with Crippen LogP contribution < -0.4 is 4.74 Å². The lowest BCUT2D eigenvalue weighted by Crippen LogP contribution is -1.96. The van der Waals surface area contributed by atoms with Crippen LogP contribution in [0.5, 0.6) is 5.75 Å². The van der Waals surface area contributed by atoms with Crippen molar-refractivity contribution in [2.75, 3.05) is 11.9 Å². The van der Waals surface area contributed by atoms with Crippen molar-refractivity contribution in [1.29, 1.82) is 0 Å². The van der Waals surface area contributed by atoms with Gasteiger partial charge in [0.2, 0.25) is 0 Å². The molecule has 0 aliphatic carbocycles. The molecule has 3 nitrogen and oxygen atoms in total. The molecule has 0 unspecified atom stereocenters. The number of aryl methyl sites for hydroxylation is 1. The minimum Gasteiger partial charge on any atom is -0.494 e. The molecule has 2 aromatic rings. The first kappa shape index (κ1) is 21.6. The number of rotatable bonds is 13. The van der Waals surface area contributed by atoms with E-state index in [0.717, 1.165) is 41.9 Å². The molecule has 0 atom stereocenters. The Kier molecular flexibility index (Phi) is 10.8. The average molecular weight is 431 g/mol. The molecule has 0 aliphatic heterocycles. The van der Waals surface area contributed by atoms with Gasteiger partial charge in [0.1, 0.15) is 5.75 Å². The first-order chi connectivity index (χ1) is 13.3. The van der Waals surface area contributed by atoms with E-state index in [1.807, 2.05) is 36.4 Å². The van der Waals surface area contributed by atoms with Crippen LogP contribution in [0, 0.1) is 0 Å². The molecule has 0 fully saturated rings. The monoisotopic (exact) mass is 430 g/mol. The van der Waals surface area contributed by atoms with Gasteiger partial charge in [-0.1, -0.05) is 54.2 Å². The second-order valence-corrected chi connectivity index (χ2v) is 7.56. The Balaban J connectivity index is 1.76. The molecule has 0 radical (unpaired) electrons. The Morgan fingerprint density at radius 1 is 0.741 bits per heavy atom. The summed E-state index contributed by atoms with van der Waals surface area (Å²) in [4.78, 5) is 0. The SMILES string of the molecule is CCCCCCc1ccc(N=Nc2ccc(OCCCCCBr)cc2)cc1. The maximum Gasteiger partial charge on any atom is 0.119 e. The standard InChI is InChI=1S/C23H31BrN2O/c1-2-3-4-6-9-20-10-12-21(13-11-20)25-26-22-14-16-23(17-15-22)27-19-8-5-7-18-24/h10-17H,2-9,18-19H2,1H3. The molecule has 0 amide bonds. The number of hydrogen-bond donors (Lipinski definition) is 0. The van der Waals surface area contributed by atoms with Gasteiger partial charge in [-0.2, -0.15) is 10.2 Å². The van der Waals surface area contributed by atoms with E-state index in [9.17, 15) is 0 Å². The topological polar surface area (TPSA) is 34.0 Å². The number of hydrogen-bond acceptors (Lipinski definition) is 3. The van der Waals surface area contributed by atoms with Crippen molar-refractivity contribution in [2.45, 2.75) is 58.3 Å². The van der Waals surface area contributed by atoms with Gasteiger partial charge >= 0.3 is 0 Å². The minimum absolute atomic E-state index is 0.763. The number of benzene rings is 2. The highest BCUT2D eigenvalue weighted by atomic mass is 79.9. The molecule has 0 saturated carbocycles. The van der Waals surface area contributed by atoms with Crippen molar-refractivity contribution in [1.82, 2.24) is 0 Å². The summed E-state index contributed by atoms with van der Waals surface area (Å²) >= 11 is 3.44. The zero-order chi connectivity index (χ0) is 19.2. The van der Waals surface area contributed by atoms with E-state index in [2.05, 4.69) is 45.2 Å². The highest BCUT2D eigenvalue weighted by Crippen LogP contribution is 2.22. The fraction of sp³-hybridized carbons (Fsp3) is 0.478. The molecule has 27 heavy (non-hydrogen) atoms. The van der Waals surface area contributed by atoms with Gasteiger partial charge in [-0.25, -0.2) is 0 Å². The van der Waals surface area contributed by atoms with Crippen LogP contribution in [0.25, 0.3) is 0 Å². The quantitative estimate of drug-likeness (QED) is 0.179. The van der Waals surface area contributed by atoms with Crippen molar-refractivity contribution in [3.8, 4) is 5.75 Å². The number of ether oxygens (including phenoxy) is 1. The van der Waals surface area contributed by atoms with Crippen molar-refractivity contribution < 1.29 is 4.74 Å². The van der Waals surface area contributed by atoms with Gasteiger partial charge in [0.15, 0.2) is 0 Å². The maximum atomic E-state index is 5.74. The Hall–Kier alpha value is -1.68. The second kappa shape index (κ2) is 13.5. The molecule has 146 valence electrons. The fourth-order valence-corrected chi connectivity index (χ4v) is 3.17. The molecule has 0 aromatic heterocycles. The average Bonchev–Trinajstić information content (AvgIpc) is 2.71. The van der Waals surface area contributed by atoms with E-state index in [4.69, 9.17) is 4.74 Å². The number of alkyl halides is 1. The third-order valence-corrected chi connectivity index (χ3v) is 4.98. The van der Waals surface area contributed by atoms with Crippen LogP contribution in [-0.4, -0.2) is 11.9 Å². The summed E-state index contributed by atoms with van der Waals surface area (Å²) in [5.74, 6) is 0.889. The van der Waals surface area contributed by atoms with Crippen LogP contribution >= 0.6 is 15.9 Å². The van der Waals surface area contributed by atoms with E-state index in [1.54, 1.807) is 0 Å². The van der Waals surface area contributed by atoms with E-state index in [1.165, 1.54) is 44.1 Å². The number of azo groups is 1. The summed E-state index contributed by atoms with van der Waals surface area (Å²) in [7, 11) is 0. The number of unbranched alkanes of at least 4 members (excludes halogenated alkanes) is 5. The molecule has 0 aliphatic rings. The first-order valence-electron chi connectivity index (χ1n) is 10.1. The van der Waals surface area contributed by atoms with E-state index >= 15 is 0 Å². The second-order valence-electron chi connectivity index (χ2n) is 6.77. The van der Waals surface area contributed by atoms with Gasteiger partial charge in [-0.3, -0.25) is 0 Å². The van der Waals surface area contributed by atoms with Gasteiger partial charge in [-0.15, -0.1) is 0 Å². The molecule has 4 heteroatoms. The van der Waals surface area contributed by atoms with Gasteiger partial charge in [0.25, 0.3) is 0 Å². The molecular weight excluding hydrogens is 400 g/mol. The highest BCUT2D eigenvalue weighted by molar-refractivity contribution is 9.09. The summed E-state index contributed by atoms with van der Waals surface area (Å²) in [6.07, 6.45) is 9.81. The highest BCUT2D eigenvalue weighted by Gasteiger charge is 1.97. The molecule has 0 spiro atoms. The normalized spacial score (nSPS) is 11.2. The van der Waals surface area contributed by atoms with E-state index in [-0.39, 0.29) is 0 Å². The zero-order valence-electron chi connectivity index (χ0n) is 16.4. The molecule has 0 bridgehead atoms. The predicted octanol–water partition coefficient (Wildman–Crippen LogP) is 8.17. The van der Waals surface area contributed by atoms with Crippen molar-refractivity contribution >= 4 is 27.3 Å². The number of nitrogens with zero attached hydrogens (tertiary/aromatic N) is 2. The Morgan fingerprint density at radius 3 is 2.00 bits per heavy atom. The van der Waals surface area contributed by atoms with Gasteiger partial charge in [0, 0.05) is 5.33 Å². The van der Waals surface area contributed by atoms with Crippen LogP contribution in [0.2, 0.25) is 0 Å². The van der Waals surface area contributed by atoms with E-state index in [0.29, 0.717) is 0 Å². The van der Waals surface area contributed by atoms with Crippen LogP contribution in [0.15, 0.2) is 58.8 Å². The van der Waals surface area contributed by atoms with Gasteiger partial charge in [0.05, 0.1) is 18.0 Å². The van der Waals surface area contributed by atoms with Gasteiger partial charge < -0.3 is 4.74 Å². The molecular formula is C23H31BrN2O. The van der Waals surface area contributed by atoms with Crippen molar-refractivity contribution in [3.05, 3.63) is 54.1 Å². The fourth-order valence-electron chi connectivity index (χ4n) is 2.77. The molecule has 2 aromatic carbocycles. The summed E-state index contributed by atoms with van der Waals surface area (Å²) in [6.45, 7) is 3.01. The lowest BCUT2D eigenvalue weighted by atomic mass is 10.1. The summed E-state index contributed by atoms with van der Waals surface area (Å²) < 4.78 is 5.74. The van der Waals surface area contributed by atoms with Crippen LogP contribution in [-0.2, 0) is 6.42 Å². The molecule has 0 saturated heterocycles. The third-order valence-electron chi connectivity index (χ3n) is 4.42. The van der Waals surface area contributed by atoms with Crippen LogP contribution in [0.4, 0.5) is 11.4 Å². The molecule has 0 heterocycles. The largest absolute Gasteiger partial charge is 0.494 e. The Labute approximate surface area is 172 Å². The van der Waals surface area contributed by atoms with Crippen molar-refractivity contribution in [2.24, 2.45) is 10.2 Å². The molecule has 2 rings (SSSR count). The third kappa shape index (κ3) is 9.18. The first-order valence-corrected chi connectivity index (χ1v) is 11.2. The van der Waals surface area contributed by atoms with Gasteiger partial charge in [-0.05, 0) is 74.1 Å². The smallest absolute Gasteiger partial charge is 0.119 e. The number of halogens is 1. The van der Waals surface area contributed by atoms with Crippen LogP contribution in [0.1, 0.15) is 57.4 Å². The predicted molar refractivity (Wildman–Crippen MR) is 118 cm³/mol. The minimum atomic E-state index is 0.763. The Bertz CT molecular complexity index is 653. The summed E-state index contributed by atoms with van der Waals surface area (Å²) in [5, 5.41) is 9.72. The zero-order valence-corrected chi connectivity index (χ0v) is 18.0. The summed E-state index contributed by atoms with van der Waals surface area (Å²) in [6, 6.07) is 16.2.